The highest BCUT2D eigenvalue weighted by atomic mass is 14.2. The third-order valence-electron chi connectivity index (χ3n) is 5.68. The zero-order valence-corrected chi connectivity index (χ0v) is 13.7. The van der Waals surface area contributed by atoms with Crippen LogP contribution in [0.1, 0.15) is 16.7 Å². The van der Waals surface area contributed by atoms with Crippen LogP contribution in [0.3, 0.4) is 0 Å². The van der Waals surface area contributed by atoms with Crippen LogP contribution in [-0.4, -0.2) is 0 Å². The van der Waals surface area contributed by atoms with Crippen molar-refractivity contribution in [2.45, 2.75) is 20.8 Å². The van der Waals surface area contributed by atoms with Gasteiger partial charge in [-0.25, -0.2) is 0 Å². The molecule has 0 atom stereocenters. The van der Waals surface area contributed by atoms with Gasteiger partial charge in [0.1, 0.15) is 0 Å². The number of hydrogen-bond acceptors (Lipinski definition) is 0. The maximum absolute atomic E-state index is 4.42. The predicted molar refractivity (Wildman–Crippen MR) is 103 cm³/mol. The first-order valence-electron chi connectivity index (χ1n) is 8.17. The minimum atomic E-state index is 1.18. The second-order valence-corrected chi connectivity index (χ2v) is 6.80. The third kappa shape index (κ3) is 1.37. The molecule has 0 aromatic heterocycles. The van der Waals surface area contributed by atoms with Gasteiger partial charge in [-0.2, -0.15) is 0 Å². The molecule has 0 heteroatoms. The Bertz CT molecular complexity index is 1290. The average Bonchev–Trinajstić information content (AvgIpc) is 2.56. The fraction of sp³-hybridized carbons (Fsp3) is 0.130. The minimum absolute atomic E-state index is 1.18. The molecule has 5 aromatic rings. The molecular formula is C23H18. The molecule has 0 N–H and O–H groups in total. The van der Waals surface area contributed by atoms with E-state index in [1.807, 2.05) is 0 Å². The molecule has 0 aliphatic carbocycles. The largest absolute Gasteiger partial charge is 0.0908 e. The summed E-state index contributed by atoms with van der Waals surface area (Å²) in [5.74, 6) is 0. The highest BCUT2D eigenvalue weighted by molar-refractivity contribution is 6.33. The molecule has 0 amide bonds. The molecule has 0 aliphatic rings. The van der Waals surface area contributed by atoms with Gasteiger partial charge in [0.05, 0.1) is 0 Å². The molecule has 0 bridgehead atoms. The molecule has 110 valence electrons. The van der Waals surface area contributed by atoms with Gasteiger partial charge < -0.3 is 0 Å². The fourth-order valence-electron chi connectivity index (χ4n) is 4.43. The average molecular weight is 294 g/mol. The lowest BCUT2D eigenvalue weighted by atomic mass is 9.83. The van der Waals surface area contributed by atoms with E-state index in [-0.39, 0.29) is 0 Å². The third-order valence-corrected chi connectivity index (χ3v) is 5.68. The Morgan fingerprint density at radius 1 is 0.609 bits per heavy atom. The monoisotopic (exact) mass is 294 g/mol. The van der Waals surface area contributed by atoms with E-state index in [4.69, 9.17) is 0 Å². The smallest absolute Gasteiger partial charge is 0.00114 e. The molecule has 0 unspecified atom stereocenters. The summed E-state index contributed by atoms with van der Waals surface area (Å²) in [7, 11) is 0. The standard InChI is InChI=1S/C23H18/c1-12-8-10-19-15(4)17-7-5-6-16-9-11-18-13(2)14(3)20(12)22(19)23(18)21(16)17/h5-11H,3H2,1-2,4H3. The molecule has 0 aliphatic heterocycles. The predicted octanol–water partition coefficient (Wildman–Crippen LogP) is 5.79. The van der Waals surface area contributed by atoms with Crippen molar-refractivity contribution in [2.75, 3.05) is 0 Å². The van der Waals surface area contributed by atoms with Crippen molar-refractivity contribution in [3.8, 4) is 0 Å². The summed E-state index contributed by atoms with van der Waals surface area (Å²) in [6.45, 7) is 11.1. The van der Waals surface area contributed by atoms with Gasteiger partial charge in [-0.15, -0.1) is 0 Å². The van der Waals surface area contributed by atoms with Crippen LogP contribution in [0.5, 0.6) is 0 Å². The van der Waals surface area contributed by atoms with Gasteiger partial charge in [-0.1, -0.05) is 49.0 Å². The summed E-state index contributed by atoms with van der Waals surface area (Å²) in [4.78, 5) is 0. The lowest BCUT2D eigenvalue weighted by molar-refractivity contribution is 1.46. The summed E-state index contributed by atoms with van der Waals surface area (Å²) in [6, 6.07) is 15.7. The number of rotatable bonds is 0. The van der Waals surface area contributed by atoms with Crippen molar-refractivity contribution >= 4 is 49.7 Å². The van der Waals surface area contributed by atoms with Gasteiger partial charge in [0, 0.05) is 0 Å². The van der Waals surface area contributed by atoms with Crippen LogP contribution in [0.15, 0.2) is 42.5 Å². The van der Waals surface area contributed by atoms with E-state index in [0.717, 1.165) is 0 Å². The van der Waals surface area contributed by atoms with Crippen molar-refractivity contribution in [3.05, 3.63) is 64.4 Å². The van der Waals surface area contributed by atoms with Crippen molar-refractivity contribution in [1.82, 2.24) is 0 Å². The molecule has 0 fully saturated rings. The van der Waals surface area contributed by atoms with E-state index < -0.39 is 0 Å². The van der Waals surface area contributed by atoms with Crippen LogP contribution >= 0.6 is 0 Å². The fourth-order valence-corrected chi connectivity index (χ4v) is 4.43. The van der Waals surface area contributed by atoms with E-state index in [1.165, 1.54) is 65.0 Å². The van der Waals surface area contributed by atoms with E-state index in [0.29, 0.717) is 0 Å². The molecule has 0 nitrogen and oxygen atoms in total. The van der Waals surface area contributed by atoms with Crippen molar-refractivity contribution < 1.29 is 0 Å². The van der Waals surface area contributed by atoms with Gasteiger partial charge in [0.15, 0.2) is 0 Å². The Labute approximate surface area is 135 Å². The second kappa shape index (κ2) is 4.02. The molecule has 0 saturated carbocycles. The summed E-state index contributed by atoms with van der Waals surface area (Å²) < 4.78 is 0. The van der Waals surface area contributed by atoms with Gasteiger partial charge >= 0.3 is 0 Å². The topological polar surface area (TPSA) is 0 Å². The first kappa shape index (κ1) is 12.9. The van der Waals surface area contributed by atoms with E-state index in [1.54, 1.807) is 0 Å². The SMILES string of the molecule is C=c1c(C)c2ccc3cccc4c(C)c5ccc(C)c1c5c2c34. The van der Waals surface area contributed by atoms with E-state index in [2.05, 4.69) is 69.8 Å². The van der Waals surface area contributed by atoms with E-state index >= 15 is 0 Å². The van der Waals surface area contributed by atoms with Gasteiger partial charge in [-0.05, 0) is 85.8 Å². The van der Waals surface area contributed by atoms with Crippen molar-refractivity contribution in [1.29, 1.82) is 0 Å². The highest BCUT2D eigenvalue weighted by Crippen LogP contribution is 2.42. The number of aryl methyl sites for hydroxylation is 3. The Morgan fingerprint density at radius 3 is 2.09 bits per heavy atom. The summed E-state index contributed by atoms with van der Waals surface area (Å²) in [5.41, 5.74) is 4.01. The van der Waals surface area contributed by atoms with Crippen LogP contribution in [0, 0.1) is 20.8 Å². The second-order valence-electron chi connectivity index (χ2n) is 6.80. The Hall–Kier alpha value is -2.60. The first-order valence-corrected chi connectivity index (χ1v) is 8.17. The maximum Gasteiger partial charge on any atom is -0.00114 e. The molecule has 5 aromatic carbocycles. The molecular weight excluding hydrogens is 276 g/mol. The first-order chi connectivity index (χ1) is 11.1. The highest BCUT2D eigenvalue weighted by Gasteiger charge is 2.17. The zero-order valence-electron chi connectivity index (χ0n) is 13.7. The number of benzene rings is 5. The maximum atomic E-state index is 4.42. The quantitative estimate of drug-likeness (QED) is 0.250. The number of hydrogen-bond donors (Lipinski definition) is 0. The lowest BCUT2D eigenvalue weighted by Crippen LogP contribution is -2.09. The minimum Gasteiger partial charge on any atom is -0.0908 e. The summed E-state index contributed by atoms with van der Waals surface area (Å²) in [6.07, 6.45) is 0. The Morgan fingerprint density at radius 2 is 1.26 bits per heavy atom. The molecule has 5 rings (SSSR count). The molecule has 0 spiro atoms. The Balaban J connectivity index is 2.37. The van der Waals surface area contributed by atoms with Crippen molar-refractivity contribution in [2.24, 2.45) is 0 Å². The lowest BCUT2D eigenvalue weighted by Gasteiger charge is -2.20. The summed E-state index contributed by atoms with van der Waals surface area (Å²) in [5, 5.41) is 12.2. The zero-order chi connectivity index (χ0) is 15.9. The van der Waals surface area contributed by atoms with E-state index in [9.17, 15) is 0 Å². The summed E-state index contributed by atoms with van der Waals surface area (Å²) >= 11 is 0. The molecule has 23 heavy (non-hydrogen) atoms. The van der Waals surface area contributed by atoms with Crippen LogP contribution in [0.25, 0.3) is 49.7 Å². The van der Waals surface area contributed by atoms with Crippen LogP contribution in [-0.2, 0) is 0 Å². The van der Waals surface area contributed by atoms with Crippen LogP contribution in [0.2, 0.25) is 0 Å². The van der Waals surface area contributed by atoms with Crippen molar-refractivity contribution in [3.63, 3.8) is 0 Å². The Kier molecular flexibility index (Phi) is 2.26. The van der Waals surface area contributed by atoms with Crippen LogP contribution in [0.4, 0.5) is 0 Å². The molecule has 0 saturated heterocycles. The van der Waals surface area contributed by atoms with Gasteiger partial charge in [-0.3, -0.25) is 0 Å². The molecule has 0 radical (unpaired) electrons. The van der Waals surface area contributed by atoms with Gasteiger partial charge in [0.25, 0.3) is 0 Å². The molecule has 0 heterocycles. The normalized spacial score (nSPS) is 12.3. The van der Waals surface area contributed by atoms with Gasteiger partial charge in [0.2, 0.25) is 0 Å². The van der Waals surface area contributed by atoms with Crippen LogP contribution < -0.4 is 5.22 Å².